The molecule has 5 rings (SSSR count). The Morgan fingerprint density at radius 2 is 1.55 bits per heavy atom. The zero-order chi connectivity index (χ0) is 21.3. The fourth-order valence-corrected chi connectivity index (χ4v) is 5.39. The van der Waals surface area contributed by atoms with E-state index in [1.54, 1.807) is 18.5 Å². The summed E-state index contributed by atoms with van der Waals surface area (Å²) in [6.07, 6.45) is 3.07. The number of ether oxygens (including phenoxy) is 1. The highest BCUT2D eigenvalue weighted by Gasteiger charge is 2.27. The molecule has 2 aliphatic rings. The molecule has 2 fully saturated rings. The maximum Gasteiger partial charge on any atom is 0.244 e. The van der Waals surface area contributed by atoms with Crippen molar-refractivity contribution < 1.29 is 13.2 Å². The van der Waals surface area contributed by atoms with Gasteiger partial charge in [-0.3, -0.25) is 0 Å². The third-order valence-corrected chi connectivity index (χ3v) is 7.64. The van der Waals surface area contributed by atoms with Crippen molar-refractivity contribution in [1.82, 2.24) is 19.3 Å². The van der Waals surface area contributed by atoms with Crippen molar-refractivity contribution in [3.05, 3.63) is 48.9 Å². The minimum atomic E-state index is -3.53. The molecule has 2 saturated heterocycles. The summed E-state index contributed by atoms with van der Waals surface area (Å²) in [7, 11) is -3.53. The van der Waals surface area contributed by atoms with Crippen LogP contribution in [0.2, 0.25) is 0 Å². The van der Waals surface area contributed by atoms with E-state index in [9.17, 15) is 8.42 Å². The molecule has 162 valence electrons. The number of nitrogens with zero attached hydrogens (tertiary/aromatic N) is 6. The first-order valence-electron chi connectivity index (χ1n) is 10.4. The first kappa shape index (κ1) is 20.1. The van der Waals surface area contributed by atoms with Crippen LogP contribution in [-0.2, 0) is 14.8 Å². The highest BCUT2D eigenvalue weighted by atomic mass is 32.2. The molecule has 31 heavy (non-hydrogen) atoms. The smallest absolute Gasteiger partial charge is 0.244 e. The molecule has 1 aromatic carbocycles. The highest BCUT2D eigenvalue weighted by Crippen LogP contribution is 2.25. The Labute approximate surface area is 181 Å². The van der Waals surface area contributed by atoms with Gasteiger partial charge in [-0.05, 0) is 24.3 Å². The van der Waals surface area contributed by atoms with Crippen molar-refractivity contribution in [1.29, 1.82) is 0 Å². The predicted octanol–water partition coefficient (Wildman–Crippen LogP) is 1.37. The van der Waals surface area contributed by atoms with Crippen molar-refractivity contribution in [2.24, 2.45) is 0 Å². The average Bonchev–Trinajstić information content (AvgIpc) is 2.84. The Kier molecular flexibility index (Phi) is 5.43. The molecule has 2 aliphatic heterocycles. The number of sulfonamides is 1. The molecule has 0 saturated carbocycles. The van der Waals surface area contributed by atoms with Crippen molar-refractivity contribution in [3.8, 4) is 0 Å². The maximum atomic E-state index is 12.8. The molecule has 0 bridgehead atoms. The van der Waals surface area contributed by atoms with Crippen molar-refractivity contribution in [2.75, 3.05) is 62.3 Å². The maximum absolute atomic E-state index is 12.8. The number of morpholine rings is 1. The molecule has 2 aromatic heterocycles. The summed E-state index contributed by atoms with van der Waals surface area (Å²) < 4.78 is 32.3. The molecule has 0 amide bonds. The van der Waals surface area contributed by atoms with Gasteiger partial charge in [0.1, 0.15) is 22.9 Å². The third kappa shape index (κ3) is 3.93. The fraction of sp³-hybridized carbons (Fsp3) is 0.381. The van der Waals surface area contributed by atoms with Gasteiger partial charge in [0.15, 0.2) is 0 Å². The second-order valence-corrected chi connectivity index (χ2v) is 9.50. The number of fused-ring (bicyclic) bond motifs is 1. The van der Waals surface area contributed by atoms with E-state index in [-0.39, 0.29) is 4.90 Å². The molecular weight excluding hydrogens is 416 g/mol. The lowest BCUT2D eigenvalue weighted by Gasteiger charge is -2.36. The molecule has 0 aliphatic carbocycles. The average molecular weight is 441 g/mol. The van der Waals surface area contributed by atoms with Gasteiger partial charge in [-0.2, -0.15) is 4.31 Å². The van der Waals surface area contributed by atoms with Gasteiger partial charge in [-0.1, -0.05) is 12.1 Å². The van der Waals surface area contributed by atoms with Crippen LogP contribution < -0.4 is 9.80 Å². The van der Waals surface area contributed by atoms with E-state index in [4.69, 9.17) is 4.74 Å². The number of hydrogen-bond acceptors (Lipinski definition) is 8. The molecule has 0 unspecified atom stereocenters. The van der Waals surface area contributed by atoms with Crippen molar-refractivity contribution in [2.45, 2.75) is 4.90 Å². The van der Waals surface area contributed by atoms with Gasteiger partial charge in [0.05, 0.1) is 18.7 Å². The number of piperazine rings is 1. The van der Waals surface area contributed by atoms with Crippen LogP contribution in [0.25, 0.3) is 10.9 Å². The Morgan fingerprint density at radius 1 is 0.806 bits per heavy atom. The monoisotopic (exact) mass is 440 g/mol. The number of para-hydroxylation sites is 1. The first-order valence-corrected chi connectivity index (χ1v) is 11.8. The Bertz CT molecular complexity index is 1150. The van der Waals surface area contributed by atoms with Crippen molar-refractivity contribution in [3.63, 3.8) is 0 Å². The number of benzene rings is 1. The predicted molar refractivity (Wildman–Crippen MR) is 118 cm³/mol. The van der Waals surface area contributed by atoms with Gasteiger partial charge in [0, 0.05) is 50.9 Å². The third-order valence-electron chi connectivity index (χ3n) is 5.75. The van der Waals surface area contributed by atoms with Gasteiger partial charge in [-0.25, -0.2) is 23.4 Å². The molecule has 0 radical (unpaired) electrons. The van der Waals surface area contributed by atoms with Crippen LogP contribution >= 0.6 is 0 Å². The summed E-state index contributed by atoms with van der Waals surface area (Å²) in [5.74, 6) is 1.73. The summed E-state index contributed by atoms with van der Waals surface area (Å²) in [5, 5.41) is 1.05. The minimum Gasteiger partial charge on any atom is -0.379 e. The quantitative estimate of drug-likeness (QED) is 0.601. The van der Waals surface area contributed by atoms with Crippen LogP contribution in [0.1, 0.15) is 0 Å². The van der Waals surface area contributed by atoms with E-state index in [1.165, 1.54) is 10.5 Å². The molecule has 0 N–H and O–H groups in total. The Hall–Kier alpha value is -2.82. The van der Waals surface area contributed by atoms with Gasteiger partial charge in [0.2, 0.25) is 10.0 Å². The zero-order valence-corrected chi connectivity index (χ0v) is 17.9. The summed E-state index contributed by atoms with van der Waals surface area (Å²) >= 11 is 0. The number of anilines is 2. The minimum absolute atomic E-state index is 0.226. The van der Waals surface area contributed by atoms with Crippen LogP contribution in [0.15, 0.2) is 53.8 Å². The largest absolute Gasteiger partial charge is 0.379 e. The van der Waals surface area contributed by atoms with Crippen LogP contribution in [-0.4, -0.2) is 80.2 Å². The van der Waals surface area contributed by atoms with E-state index in [2.05, 4.69) is 24.8 Å². The van der Waals surface area contributed by atoms with Gasteiger partial charge in [0.25, 0.3) is 0 Å². The lowest BCUT2D eigenvalue weighted by Crippen LogP contribution is -2.47. The van der Waals surface area contributed by atoms with E-state index in [0.717, 1.165) is 48.7 Å². The second kappa shape index (κ2) is 8.37. The summed E-state index contributed by atoms with van der Waals surface area (Å²) in [5.41, 5.74) is 0.939. The van der Waals surface area contributed by atoms with Gasteiger partial charge < -0.3 is 14.5 Å². The zero-order valence-electron chi connectivity index (χ0n) is 17.1. The van der Waals surface area contributed by atoms with E-state index < -0.39 is 10.0 Å². The first-order chi connectivity index (χ1) is 15.1. The van der Waals surface area contributed by atoms with Crippen molar-refractivity contribution >= 4 is 32.6 Å². The van der Waals surface area contributed by atoms with Crippen LogP contribution in [0.5, 0.6) is 0 Å². The van der Waals surface area contributed by atoms with Gasteiger partial charge in [-0.15, -0.1) is 0 Å². The van der Waals surface area contributed by atoms with E-state index >= 15 is 0 Å². The molecule has 10 heteroatoms. The second-order valence-electron chi connectivity index (χ2n) is 7.56. The SMILES string of the molecule is O=S(=O)(c1ccc(N2CCN(c3ncnc4ccccc34)CC2)nc1)N1CCOCC1. The normalized spacial score (nSPS) is 18.5. The Balaban J connectivity index is 1.27. The molecule has 0 spiro atoms. The number of rotatable bonds is 4. The van der Waals surface area contributed by atoms with Gasteiger partial charge >= 0.3 is 0 Å². The molecule has 3 aromatic rings. The Morgan fingerprint density at radius 3 is 2.29 bits per heavy atom. The van der Waals surface area contributed by atoms with Crippen LogP contribution in [0, 0.1) is 0 Å². The molecule has 0 atom stereocenters. The lowest BCUT2D eigenvalue weighted by atomic mass is 10.2. The van der Waals surface area contributed by atoms with Crippen LogP contribution in [0.3, 0.4) is 0 Å². The molecular formula is C21H24N6O3S. The van der Waals surface area contributed by atoms with E-state index in [1.807, 2.05) is 24.3 Å². The number of hydrogen-bond donors (Lipinski definition) is 0. The number of aromatic nitrogens is 3. The highest BCUT2D eigenvalue weighted by molar-refractivity contribution is 7.89. The molecule has 9 nitrogen and oxygen atoms in total. The standard InChI is InChI=1S/C21H24N6O3S/c28-31(29,27-11-13-30-14-12-27)17-5-6-20(22-15-17)25-7-9-26(10-8-25)21-18-3-1-2-4-19(18)23-16-24-21/h1-6,15-16H,7-14H2. The molecule has 4 heterocycles. The summed E-state index contributed by atoms with van der Waals surface area (Å²) in [6, 6.07) is 11.5. The summed E-state index contributed by atoms with van der Waals surface area (Å²) in [6.45, 7) is 4.77. The van der Waals surface area contributed by atoms with E-state index in [0.29, 0.717) is 26.3 Å². The van der Waals surface area contributed by atoms with Crippen LogP contribution in [0.4, 0.5) is 11.6 Å². The topological polar surface area (TPSA) is 91.8 Å². The fourth-order valence-electron chi connectivity index (χ4n) is 4.04. The summed E-state index contributed by atoms with van der Waals surface area (Å²) in [4.78, 5) is 18.0. The lowest BCUT2D eigenvalue weighted by molar-refractivity contribution is 0.0730. The number of pyridine rings is 1.